The van der Waals surface area contributed by atoms with Gasteiger partial charge in [0.1, 0.15) is 0 Å². The molecule has 0 amide bonds. The van der Waals surface area contributed by atoms with E-state index in [-0.39, 0.29) is 0 Å². The number of benzene rings is 1. The molecule has 3 nitrogen and oxygen atoms in total. The van der Waals surface area contributed by atoms with Crippen LogP contribution < -0.4 is 5.32 Å². The standard InChI is InChI=1S/C14H12BrN3/c15-14-5-13(9-18-10-14)8-17-7-12-3-1-11(6-16)2-4-12/h1-5,9-10,17H,7-8H2. The van der Waals surface area contributed by atoms with Crippen molar-refractivity contribution < 1.29 is 0 Å². The molecule has 2 rings (SSSR count). The molecule has 2 aromatic rings. The summed E-state index contributed by atoms with van der Waals surface area (Å²) in [7, 11) is 0. The SMILES string of the molecule is N#Cc1ccc(CNCc2cncc(Br)c2)cc1. The van der Waals surface area contributed by atoms with Crippen molar-refractivity contribution in [2.75, 3.05) is 0 Å². The van der Waals surface area contributed by atoms with Crippen LogP contribution in [0.3, 0.4) is 0 Å². The van der Waals surface area contributed by atoms with Crippen LogP contribution in [0.15, 0.2) is 47.2 Å². The smallest absolute Gasteiger partial charge is 0.0991 e. The van der Waals surface area contributed by atoms with E-state index in [2.05, 4.69) is 32.3 Å². The fourth-order valence-corrected chi connectivity index (χ4v) is 2.01. The van der Waals surface area contributed by atoms with Crippen molar-refractivity contribution >= 4 is 15.9 Å². The molecule has 0 bridgehead atoms. The molecule has 0 saturated carbocycles. The molecule has 90 valence electrons. The minimum atomic E-state index is 0.690. The van der Waals surface area contributed by atoms with E-state index in [9.17, 15) is 0 Å². The zero-order chi connectivity index (χ0) is 12.8. The van der Waals surface area contributed by atoms with Gasteiger partial charge in [-0.2, -0.15) is 5.26 Å². The number of nitrogens with one attached hydrogen (secondary N) is 1. The van der Waals surface area contributed by atoms with Crippen LogP contribution in [-0.4, -0.2) is 4.98 Å². The summed E-state index contributed by atoms with van der Waals surface area (Å²) >= 11 is 3.39. The normalized spacial score (nSPS) is 10.0. The van der Waals surface area contributed by atoms with Crippen LogP contribution in [0.25, 0.3) is 0 Å². The molecule has 0 radical (unpaired) electrons. The second kappa shape index (κ2) is 6.29. The lowest BCUT2D eigenvalue weighted by molar-refractivity contribution is 0.691. The Hall–Kier alpha value is -1.70. The fourth-order valence-electron chi connectivity index (χ4n) is 1.60. The summed E-state index contributed by atoms with van der Waals surface area (Å²) in [5, 5.41) is 12.0. The predicted molar refractivity (Wildman–Crippen MR) is 73.6 cm³/mol. The van der Waals surface area contributed by atoms with Crippen LogP contribution in [0.1, 0.15) is 16.7 Å². The van der Waals surface area contributed by atoms with Crippen molar-refractivity contribution in [3.63, 3.8) is 0 Å². The Morgan fingerprint density at radius 3 is 2.50 bits per heavy atom. The van der Waals surface area contributed by atoms with Crippen molar-refractivity contribution in [1.29, 1.82) is 5.26 Å². The number of hydrogen-bond acceptors (Lipinski definition) is 3. The molecular formula is C14H12BrN3. The Morgan fingerprint density at radius 2 is 1.83 bits per heavy atom. The largest absolute Gasteiger partial charge is 0.309 e. The molecule has 0 saturated heterocycles. The van der Waals surface area contributed by atoms with Crippen molar-refractivity contribution in [1.82, 2.24) is 10.3 Å². The molecule has 0 aliphatic rings. The Bertz CT molecular complexity index is 558. The highest BCUT2D eigenvalue weighted by molar-refractivity contribution is 9.10. The van der Waals surface area contributed by atoms with Gasteiger partial charge in [-0.3, -0.25) is 4.98 Å². The van der Waals surface area contributed by atoms with Gasteiger partial charge in [-0.05, 0) is 45.3 Å². The van der Waals surface area contributed by atoms with E-state index in [1.54, 1.807) is 6.20 Å². The van der Waals surface area contributed by atoms with Gasteiger partial charge in [0.2, 0.25) is 0 Å². The summed E-state index contributed by atoms with van der Waals surface area (Å²) in [6.45, 7) is 1.55. The third kappa shape index (κ3) is 3.66. The number of nitriles is 1. The van der Waals surface area contributed by atoms with Gasteiger partial charge in [-0.1, -0.05) is 12.1 Å². The minimum absolute atomic E-state index is 0.690. The molecule has 0 unspecified atom stereocenters. The van der Waals surface area contributed by atoms with Gasteiger partial charge in [-0.15, -0.1) is 0 Å². The Kier molecular flexibility index (Phi) is 4.46. The highest BCUT2D eigenvalue weighted by Crippen LogP contribution is 2.09. The highest BCUT2D eigenvalue weighted by atomic mass is 79.9. The van der Waals surface area contributed by atoms with E-state index in [0.717, 1.165) is 28.7 Å². The average molecular weight is 302 g/mol. The summed E-state index contributed by atoms with van der Waals surface area (Å²) in [4.78, 5) is 4.11. The molecule has 4 heteroatoms. The number of nitrogens with zero attached hydrogens (tertiary/aromatic N) is 2. The third-order valence-corrected chi connectivity index (χ3v) is 2.94. The van der Waals surface area contributed by atoms with Gasteiger partial charge in [0.25, 0.3) is 0 Å². The van der Waals surface area contributed by atoms with Gasteiger partial charge < -0.3 is 5.32 Å². The maximum Gasteiger partial charge on any atom is 0.0991 e. The van der Waals surface area contributed by atoms with E-state index in [4.69, 9.17) is 5.26 Å². The van der Waals surface area contributed by atoms with E-state index < -0.39 is 0 Å². The van der Waals surface area contributed by atoms with E-state index in [1.807, 2.05) is 36.5 Å². The monoisotopic (exact) mass is 301 g/mol. The van der Waals surface area contributed by atoms with Gasteiger partial charge in [-0.25, -0.2) is 0 Å². The molecule has 18 heavy (non-hydrogen) atoms. The van der Waals surface area contributed by atoms with E-state index >= 15 is 0 Å². The summed E-state index contributed by atoms with van der Waals surface area (Å²) in [5.74, 6) is 0. The second-order valence-corrected chi connectivity index (χ2v) is 4.84. The molecule has 0 fully saturated rings. The lowest BCUT2D eigenvalue weighted by atomic mass is 10.1. The number of rotatable bonds is 4. The molecule has 0 spiro atoms. The average Bonchev–Trinajstić information content (AvgIpc) is 2.40. The number of aromatic nitrogens is 1. The van der Waals surface area contributed by atoms with E-state index in [1.165, 1.54) is 0 Å². The number of hydrogen-bond donors (Lipinski definition) is 1. The molecule has 0 atom stereocenters. The molecule has 0 aliphatic heterocycles. The van der Waals surface area contributed by atoms with Crippen molar-refractivity contribution in [3.05, 3.63) is 63.9 Å². The maximum atomic E-state index is 8.70. The molecule has 0 aliphatic carbocycles. The van der Waals surface area contributed by atoms with E-state index in [0.29, 0.717) is 5.56 Å². The Labute approximate surface area is 115 Å². The molecule has 1 heterocycles. The molecule has 1 aromatic heterocycles. The van der Waals surface area contributed by atoms with Crippen molar-refractivity contribution in [2.45, 2.75) is 13.1 Å². The zero-order valence-corrected chi connectivity index (χ0v) is 11.3. The van der Waals surface area contributed by atoms with Gasteiger partial charge in [0.05, 0.1) is 11.6 Å². The molecule has 1 N–H and O–H groups in total. The van der Waals surface area contributed by atoms with Gasteiger partial charge >= 0.3 is 0 Å². The van der Waals surface area contributed by atoms with Crippen LogP contribution in [0.5, 0.6) is 0 Å². The minimum Gasteiger partial charge on any atom is -0.309 e. The van der Waals surface area contributed by atoms with Crippen LogP contribution >= 0.6 is 15.9 Å². The quantitative estimate of drug-likeness (QED) is 0.944. The summed E-state index contributed by atoms with van der Waals surface area (Å²) in [5.41, 5.74) is 2.99. The van der Waals surface area contributed by atoms with Crippen molar-refractivity contribution in [2.24, 2.45) is 0 Å². The first-order valence-corrected chi connectivity index (χ1v) is 6.36. The Balaban J connectivity index is 1.86. The summed E-state index contributed by atoms with van der Waals surface area (Å²) in [6, 6.07) is 11.7. The molecule has 1 aromatic carbocycles. The van der Waals surface area contributed by atoms with Crippen LogP contribution in [-0.2, 0) is 13.1 Å². The highest BCUT2D eigenvalue weighted by Gasteiger charge is 1.96. The first kappa shape index (κ1) is 12.7. The lowest BCUT2D eigenvalue weighted by Crippen LogP contribution is -2.12. The summed E-state index contributed by atoms with van der Waals surface area (Å²) in [6.07, 6.45) is 3.61. The number of halogens is 1. The first-order valence-electron chi connectivity index (χ1n) is 5.57. The zero-order valence-electron chi connectivity index (χ0n) is 9.73. The van der Waals surface area contributed by atoms with Crippen molar-refractivity contribution in [3.8, 4) is 6.07 Å². The fraction of sp³-hybridized carbons (Fsp3) is 0.143. The second-order valence-electron chi connectivity index (χ2n) is 3.92. The number of pyridine rings is 1. The molecular weight excluding hydrogens is 290 g/mol. The topological polar surface area (TPSA) is 48.7 Å². The first-order chi connectivity index (χ1) is 8.78. The van der Waals surface area contributed by atoms with Crippen LogP contribution in [0, 0.1) is 11.3 Å². The summed E-state index contributed by atoms with van der Waals surface area (Å²) < 4.78 is 0.986. The lowest BCUT2D eigenvalue weighted by Gasteiger charge is -2.05. The van der Waals surface area contributed by atoms with Gasteiger partial charge in [0, 0.05) is 30.0 Å². The Morgan fingerprint density at radius 1 is 1.11 bits per heavy atom. The van der Waals surface area contributed by atoms with Crippen LogP contribution in [0.2, 0.25) is 0 Å². The maximum absolute atomic E-state index is 8.70. The third-order valence-electron chi connectivity index (χ3n) is 2.50. The van der Waals surface area contributed by atoms with Crippen LogP contribution in [0.4, 0.5) is 0 Å². The van der Waals surface area contributed by atoms with Gasteiger partial charge in [0.15, 0.2) is 0 Å². The predicted octanol–water partition coefficient (Wildman–Crippen LogP) is 3.01.